The maximum Gasteiger partial charge on any atom is 0.254 e. The van der Waals surface area contributed by atoms with Gasteiger partial charge in [-0.2, -0.15) is 14.6 Å². The van der Waals surface area contributed by atoms with Crippen molar-refractivity contribution in [1.29, 1.82) is 0 Å². The highest BCUT2D eigenvalue weighted by molar-refractivity contribution is 5.84. The van der Waals surface area contributed by atoms with Crippen LogP contribution in [0.5, 0.6) is 0 Å². The van der Waals surface area contributed by atoms with E-state index in [-0.39, 0.29) is 0 Å². The molecular formula is C17H18N6O. The maximum absolute atomic E-state index is 5.16. The van der Waals surface area contributed by atoms with Crippen molar-refractivity contribution in [1.82, 2.24) is 24.1 Å². The molecule has 0 atom stereocenters. The summed E-state index contributed by atoms with van der Waals surface area (Å²) in [6.07, 6.45) is 3.59. The smallest absolute Gasteiger partial charge is 0.254 e. The summed E-state index contributed by atoms with van der Waals surface area (Å²) in [5, 5.41) is 8.80. The minimum Gasteiger partial charge on any atom is -0.383 e. The quantitative estimate of drug-likeness (QED) is 0.612. The van der Waals surface area contributed by atoms with E-state index in [2.05, 4.69) is 55.4 Å². The minimum absolute atomic E-state index is 0.587. The van der Waals surface area contributed by atoms with Gasteiger partial charge in [0.25, 0.3) is 5.78 Å². The molecule has 0 saturated carbocycles. The zero-order valence-electron chi connectivity index (χ0n) is 13.6. The van der Waals surface area contributed by atoms with Crippen molar-refractivity contribution in [3.8, 4) is 0 Å². The number of benzene rings is 1. The van der Waals surface area contributed by atoms with E-state index in [1.54, 1.807) is 11.6 Å². The fraction of sp³-hybridized carbons (Fsp3) is 0.235. The van der Waals surface area contributed by atoms with E-state index in [4.69, 9.17) is 4.74 Å². The summed E-state index contributed by atoms with van der Waals surface area (Å²) in [5.41, 5.74) is 3.08. The van der Waals surface area contributed by atoms with Crippen LogP contribution < -0.4 is 5.32 Å². The molecule has 0 saturated heterocycles. The van der Waals surface area contributed by atoms with Gasteiger partial charge in [-0.1, -0.05) is 0 Å². The lowest BCUT2D eigenvalue weighted by atomic mass is 10.2. The minimum atomic E-state index is 0.587. The van der Waals surface area contributed by atoms with Crippen molar-refractivity contribution in [2.24, 2.45) is 0 Å². The molecular weight excluding hydrogens is 304 g/mol. The summed E-state index contributed by atoms with van der Waals surface area (Å²) in [6.45, 7) is 3.49. The van der Waals surface area contributed by atoms with Crippen molar-refractivity contribution >= 4 is 28.2 Å². The Morgan fingerprint density at radius 1 is 1.21 bits per heavy atom. The number of rotatable bonds is 5. The van der Waals surface area contributed by atoms with Crippen LogP contribution in [-0.2, 0) is 11.3 Å². The van der Waals surface area contributed by atoms with E-state index < -0.39 is 0 Å². The largest absolute Gasteiger partial charge is 0.383 e. The predicted octanol–water partition coefficient (Wildman–Crippen LogP) is 2.78. The van der Waals surface area contributed by atoms with Crippen molar-refractivity contribution in [2.45, 2.75) is 13.5 Å². The lowest BCUT2D eigenvalue weighted by Gasteiger charge is -2.10. The van der Waals surface area contributed by atoms with Crippen molar-refractivity contribution in [3.63, 3.8) is 0 Å². The molecule has 0 bridgehead atoms. The summed E-state index contributed by atoms with van der Waals surface area (Å²) in [5.74, 6) is 1.43. The Kier molecular flexibility index (Phi) is 3.62. The summed E-state index contributed by atoms with van der Waals surface area (Å²) in [7, 11) is 1.72. The summed E-state index contributed by atoms with van der Waals surface area (Å²) < 4.78 is 9.04. The van der Waals surface area contributed by atoms with E-state index in [0.717, 1.165) is 23.7 Å². The van der Waals surface area contributed by atoms with Gasteiger partial charge in [0.15, 0.2) is 0 Å². The zero-order chi connectivity index (χ0) is 16.5. The lowest BCUT2D eigenvalue weighted by molar-refractivity contribution is 0.188. The second-order valence-electron chi connectivity index (χ2n) is 5.66. The average Bonchev–Trinajstić information content (AvgIpc) is 3.19. The number of ether oxygens (including phenoxy) is 1. The molecule has 1 N–H and O–H groups in total. The molecule has 0 aliphatic rings. The summed E-state index contributed by atoms with van der Waals surface area (Å²) >= 11 is 0. The monoisotopic (exact) mass is 322 g/mol. The Hall–Kier alpha value is -2.93. The molecule has 24 heavy (non-hydrogen) atoms. The van der Waals surface area contributed by atoms with Crippen molar-refractivity contribution in [3.05, 3.63) is 48.5 Å². The Balaban J connectivity index is 1.68. The van der Waals surface area contributed by atoms with Gasteiger partial charge in [0.1, 0.15) is 12.1 Å². The third kappa shape index (κ3) is 2.59. The first-order valence-corrected chi connectivity index (χ1v) is 7.77. The van der Waals surface area contributed by atoms with Gasteiger partial charge in [0.2, 0.25) is 0 Å². The molecule has 0 aliphatic heterocycles. The second kappa shape index (κ2) is 5.93. The Morgan fingerprint density at radius 3 is 3.00 bits per heavy atom. The number of hydrogen-bond donors (Lipinski definition) is 1. The molecule has 3 aromatic heterocycles. The van der Waals surface area contributed by atoms with Crippen LogP contribution >= 0.6 is 0 Å². The number of methoxy groups -OCH3 is 1. The van der Waals surface area contributed by atoms with Crippen LogP contribution in [0, 0.1) is 6.92 Å². The van der Waals surface area contributed by atoms with E-state index in [9.17, 15) is 0 Å². The number of aromatic nitrogens is 5. The molecule has 0 radical (unpaired) electrons. The molecule has 0 fully saturated rings. The topological polar surface area (TPSA) is 69.3 Å². The molecule has 7 nitrogen and oxygen atoms in total. The Bertz CT molecular complexity index is 1000. The molecule has 4 rings (SSSR count). The van der Waals surface area contributed by atoms with Crippen molar-refractivity contribution < 1.29 is 4.74 Å². The number of fused-ring (bicyclic) bond motifs is 2. The van der Waals surface area contributed by atoms with Gasteiger partial charge < -0.3 is 14.6 Å². The van der Waals surface area contributed by atoms with Crippen molar-refractivity contribution in [2.75, 3.05) is 19.0 Å². The first-order valence-electron chi connectivity index (χ1n) is 7.77. The van der Waals surface area contributed by atoms with Gasteiger partial charge in [-0.15, -0.1) is 0 Å². The molecule has 4 aromatic rings. The van der Waals surface area contributed by atoms with Gasteiger partial charge in [-0.05, 0) is 31.2 Å². The third-order valence-corrected chi connectivity index (χ3v) is 3.96. The molecule has 122 valence electrons. The van der Waals surface area contributed by atoms with E-state index in [1.165, 1.54) is 17.2 Å². The van der Waals surface area contributed by atoms with Crippen LogP contribution in [-0.4, -0.2) is 37.9 Å². The van der Waals surface area contributed by atoms with Crippen LogP contribution in [0.15, 0.2) is 42.9 Å². The molecule has 0 aliphatic carbocycles. The number of anilines is 2. The van der Waals surface area contributed by atoms with Crippen LogP contribution in [0.1, 0.15) is 5.69 Å². The van der Waals surface area contributed by atoms with Crippen LogP contribution in [0.25, 0.3) is 16.7 Å². The number of nitrogens with one attached hydrogen (secondary N) is 1. The van der Waals surface area contributed by atoms with Gasteiger partial charge in [0.05, 0.1) is 6.61 Å². The van der Waals surface area contributed by atoms with Crippen LogP contribution in [0.4, 0.5) is 11.5 Å². The first kappa shape index (κ1) is 14.6. The second-order valence-corrected chi connectivity index (χ2v) is 5.66. The summed E-state index contributed by atoms with van der Waals surface area (Å²) in [4.78, 5) is 8.50. The standard InChI is InChI=1S/C17H18N6O/c1-12-9-16(23-17(20-12)18-11-19-23)21-14-3-4-15-13(10-14)5-6-22(15)7-8-24-2/h3-6,9-11,21H,7-8H2,1-2H3. The fourth-order valence-corrected chi connectivity index (χ4v) is 2.83. The van der Waals surface area contributed by atoms with Crippen LogP contribution in [0.3, 0.4) is 0 Å². The molecule has 0 spiro atoms. The normalized spacial score (nSPS) is 11.4. The predicted molar refractivity (Wildman–Crippen MR) is 92.6 cm³/mol. The summed E-state index contributed by atoms with van der Waals surface area (Å²) in [6, 6.07) is 10.4. The molecule has 1 aromatic carbocycles. The Labute approximate surface area is 138 Å². The van der Waals surface area contributed by atoms with E-state index >= 15 is 0 Å². The maximum atomic E-state index is 5.16. The SMILES string of the molecule is COCCn1ccc2cc(Nc3cc(C)nc4ncnn34)ccc21. The average molecular weight is 322 g/mol. The zero-order valence-corrected chi connectivity index (χ0v) is 13.6. The van der Waals surface area contributed by atoms with Crippen LogP contribution in [0.2, 0.25) is 0 Å². The van der Waals surface area contributed by atoms with E-state index in [0.29, 0.717) is 12.4 Å². The first-order chi connectivity index (χ1) is 11.7. The molecule has 3 heterocycles. The van der Waals surface area contributed by atoms with Gasteiger partial charge in [-0.25, -0.2) is 4.98 Å². The van der Waals surface area contributed by atoms with Gasteiger partial charge >= 0.3 is 0 Å². The highest BCUT2D eigenvalue weighted by Crippen LogP contribution is 2.23. The fourth-order valence-electron chi connectivity index (χ4n) is 2.83. The molecule has 0 unspecified atom stereocenters. The van der Waals surface area contributed by atoms with Gasteiger partial charge in [-0.3, -0.25) is 0 Å². The highest BCUT2D eigenvalue weighted by Gasteiger charge is 2.07. The number of aryl methyl sites for hydroxylation is 1. The highest BCUT2D eigenvalue weighted by atomic mass is 16.5. The number of hydrogen-bond acceptors (Lipinski definition) is 5. The lowest BCUT2D eigenvalue weighted by Crippen LogP contribution is -2.03. The van der Waals surface area contributed by atoms with Gasteiger partial charge in [0, 0.05) is 48.2 Å². The third-order valence-electron chi connectivity index (χ3n) is 3.96. The Morgan fingerprint density at radius 2 is 2.12 bits per heavy atom. The van der Waals surface area contributed by atoms with E-state index in [1.807, 2.05) is 13.0 Å². The number of nitrogens with zero attached hydrogens (tertiary/aromatic N) is 5. The molecule has 7 heteroatoms. The molecule has 0 amide bonds.